The third-order valence-corrected chi connectivity index (χ3v) is 8.66. The molecule has 2 aliphatic rings. The predicted molar refractivity (Wildman–Crippen MR) is 167 cm³/mol. The van der Waals surface area contributed by atoms with Crippen molar-refractivity contribution in [3.63, 3.8) is 0 Å². The van der Waals surface area contributed by atoms with Gasteiger partial charge in [0.25, 0.3) is 11.8 Å². The molecule has 3 amide bonds. The standard InChI is InChI=1S/C34H29N3O8S.Na/c1-20(38)45-18-25-19-46-33-28(32(42)37(33)29(25)34(43)44)36-31(41)27(23-10-6-3-7-11-23)35-30(40)24-15-13-22(14-16-24)26(39)17-12-21-8-4-2-5-9-21;/h2-17,27-28,33H,18-19H2,1H3,(H,35,40)(H,36,41)(H,43,44);/q;+1/p-1/t27?,28-,33-;/m1./s1. The van der Waals surface area contributed by atoms with Gasteiger partial charge >= 0.3 is 35.5 Å². The van der Waals surface area contributed by atoms with Gasteiger partial charge in [-0.3, -0.25) is 28.9 Å². The molecule has 13 heteroatoms. The van der Waals surface area contributed by atoms with Gasteiger partial charge in [-0.2, -0.15) is 0 Å². The number of aliphatic carboxylic acids is 1. The van der Waals surface area contributed by atoms with Crippen LogP contribution in [-0.2, 0) is 23.9 Å². The van der Waals surface area contributed by atoms with Crippen molar-refractivity contribution in [2.75, 3.05) is 12.4 Å². The summed E-state index contributed by atoms with van der Waals surface area (Å²) in [4.78, 5) is 76.7. The monoisotopic (exact) mass is 661 g/mol. The first-order valence-electron chi connectivity index (χ1n) is 14.2. The summed E-state index contributed by atoms with van der Waals surface area (Å²) < 4.78 is 4.93. The number of carbonyl (C=O) groups is 6. The smallest absolute Gasteiger partial charge is 0.543 e. The number of ether oxygens (including phenoxy) is 1. The maximum absolute atomic E-state index is 13.6. The summed E-state index contributed by atoms with van der Waals surface area (Å²) in [5, 5.41) is 16.5. The van der Waals surface area contributed by atoms with Gasteiger partial charge in [-0.05, 0) is 29.3 Å². The second-order valence-corrected chi connectivity index (χ2v) is 11.5. The number of hydrogen-bond acceptors (Lipinski definition) is 9. The average molecular weight is 662 g/mol. The molecule has 5 rings (SSSR count). The average Bonchev–Trinajstić information content (AvgIpc) is 3.07. The van der Waals surface area contributed by atoms with E-state index in [2.05, 4.69) is 10.6 Å². The van der Waals surface area contributed by atoms with E-state index in [9.17, 15) is 33.9 Å². The molecule has 0 saturated carbocycles. The van der Waals surface area contributed by atoms with E-state index in [0.29, 0.717) is 11.1 Å². The fourth-order valence-electron chi connectivity index (χ4n) is 4.99. The zero-order chi connectivity index (χ0) is 32.8. The molecule has 0 aromatic heterocycles. The topological polar surface area (TPSA) is 162 Å². The predicted octanol–water partition coefficient (Wildman–Crippen LogP) is -0.975. The van der Waals surface area contributed by atoms with Crippen LogP contribution in [0.25, 0.3) is 6.08 Å². The van der Waals surface area contributed by atoms with Crippen molar-refractivity contribution in [3.8, 4) is 0 Å². The van der Waals surface area contributed by atoms with Gasteiger partial charge in [0, 0.05) is 29.4 Å². The van der Waals surface area contributed by atoms with Crippen LogP contribution in [0.4, 0.5) is 0 Å². The summed E-state index contributed by atoms with van der Waals surface area (Å²) in [5.74, 6) is -4.25. The van der Waals surface area contributed by atoms with Crippen LogP contribution in [0.5, 0.6) is 0 Å². The largest absolute Gasteiger partial charge is 1.00 e. The SMILES string of the molecule is CC(=O)OCC1=C(C(=O)[O-])N2C(=O)[C@@H](NC(=O)C(NC(=O)c3ccc(C(=O)C=Cc4ccccc4)cc3)c3ccccc3)[C@H]2SC1.[Na+]. The number of carboxylic acid groups (broad SMARTS) is 1. The number of carboxylic acids is 1. The molecule has 3 aromatic rings. The summed E-state index contributed by atoms with van der Waals surface area (Å²) in [6.07, 6.45) is 3.14. The van der Waals surface area contributed by atoms with E-state index in [1.807, 2.05) is 30.3 Å². The number of nitrogens with one attached hydrogen (secondary N) is 2. The van der Waals surface area contributed by atoms with Gasteiger partial charge in [0.2, 0.25) is 5.91 Å². The fourth-order valence-corrected chi connectivity index (χ4v) is 6.31. The van der Waals surface area contributed by atoms with Gasteiger partial charge in [0.05, 0.1) is 11.7 Å². The van der Waals surface area contributed by atoms with Gasteiger partial charge < -0.3 is 25.3 Å². The van der Waals surface area contributed by atoms with Crippen LogP contribution in [0.2, 0.25) is 0 Å². The molecule has 0 aliphatic carbocycles. The first-order valence-corrected chi connectivity index (χ1v) is 15.2. The van der Waals surface area contributed by atoms with Crippen molar-refractivity contribution in [1.82, 2.24) is 15.5 Å². The molecule has 1 saturated heterocycles. The summed E-state index contributed by atoms with van der Waals surface area (Å²) in [6, 6.07) is 21.5. The number of hydrogen-bond donors (Lipinski definition) is 2. The number of esters is 1. The molecule has 2 aliphatic heterocycles. The zero-order valence-electron chi connectivity index (χ0n) is 25.5. The Balaban J connectivity index is 0.00000500. The molecule has 47 heavy (non-hydrogen) atoms. The van der Waals surface area contributed by atoms with Crippen molar-refractivity contribution in [1.29, 1.82) is 0 Å². The van der Waals surface area contributed by atoms with Gasteiger partial charge in [0.1, 0.15) is 24.1 Å². The number of β-lactam (4-membered cyclic amide) rings is 1. The maximum Gasteiger partial charge on any atom is 1.00 e. The number of thioether (sulfide) groups is 1. The molecule has 1 unspecified atom stereocenters. The third kappa shape index (κ3) is 8.27. The van der Waals surface area contributed by atoms with Gasteiger partial charge in [0.15, 0.2) is 5.78 Å². The zero-order valence-corrected chi connectivity index (χ0v) is 28.3. The number of ketones is 1. The molecule has 0 radical (unpaired) electrons. The Morgan fingerprint density at radius 1 is 0.957 bits per heavy atom. The van der Waals surface area contributed by atoms with Crippen LogP contribution < -0.4 is 45.3 Å². The van der Waals surface area contributed by atoms with Crippen LogP contribution in [0.15, 0.2) is 102 Å². The molecule has 2 N–H and O–H groups in total. The van der Waals surface area contributed by atoms with Crippen LogP contribution in [-0.4, -0.2) is 64.1 Å². The molecule has 11 nitrogen and oxygen atoms in total. The van der Waals surface area contributed by atoms with Crippen molar-refractivity contribution in [2.24, 2.45) is 0 Å². The van der Waals surface area contributed by atoms with Crippen LogP contribution >= 0.6 is 11.8 Å². The van der Waals surface area contributed by atoms with Crippen LogP contribution in [0.1, 0.15) is 44.8 Å². The van der Waals surface area contributed by atoms with Gasteiger partial charge in [-0.1, -0.05) is 78.9 Å². The molecule has 3 atom stereocenters. The van der Waals surface area contributed by atoms with E-state index in [4.69, 9.17) is 4.74 Å². The Labute approximate surface area is 296 Å². The number of allylic oxidation sites excluding steroid dienone is 1. The number of benzene rings is 3. The second-order valence-electron chi connectivity index (χ2n) is 10.4. The normalized spacial score (nSPS) is 17.5. The first-order chi connectivity index (χ1) is 22.1. The van der Waals surface area contributed by atoms with E-state index in [1.54, 1.807) is 36.4 Å². The summed E-state index contributed by atoms with van der Waals surface area (Å²) in [7, 11) is 0. The van der Waals surface area contributed by atoms with Crippen molar-refractivity contribution in [2.45, 2.75) is 24.4 Å². The molecule has 3 aromatic carbocycles. The number of carbonyl (C=O) groups excluding carboxylic acids is 6. The maximum atomic E-state index is 13.6. The molecule has 0 bridgehead atoms. The minimum absolute atomic E-state index is 0. The van der Waals surface area contributed by atoms with E-state index in [-0.39, 0.29) is 64.5 Å². The van der Waals surface area contributed by atoms with E-state index in [0.717, 1.165) is 10.5 Å². The van der Waals surface area contributed by atoms with E-state index in [1.165, 1.54) is 49.0 Å². The Morgan fingerprint density at radius 2 is 1.57 bits per heavy atom. The van der Waals surface area contributed by atoms with Crippen LogP contribution in [0.3, 0.4) is 0 Å². The molecule has 0 spiro atoms. The number of rotatable bonds is 11. The number of nitrogens with zero attached hydrogens (tertiary/aromatic N) is 1. The molecule has 234 valence electrons. The molecule has 1 fully saturated rings. The van der Waals surface area contributed by atoms with Crippen molar-refractivity contribution < 1.29 is 68.2 Å². The number of fused-ring (bicyclic) bond motifs is 1. The fraction of sp³-hybridized carbons (Fsp3) is 0.176. The quantitative estimate of drug-likeness (QED) is 0.0866. The molecular weight excluding hydrogens is 633 g/mol. The van der Waals surface area contributed by atoms with Crippen LogP contribution in [0, 0.1) is 0 Å². The molecule has 2 heterocycles. The second kappa shape index (κ2) is 15.9. The first kappa shape index (κ1) is 35.4. The summed E-state index contributed by atoms with van der Waals surface area (Å²) in [5.41, 5.74) is 1.73. The molecular formula is C34H28N3NaO8S. The summed E-state index contributed by atoms with van der Waals surface area (Å²) >= 11 is 1.20. The number of amides is 3. The Bertz CT molecular complexity index is 1750. The third-order valence-electron chi connectivity index (χ3n) is 7.32. The summed E-state index contributed by atoms with van der Waals surface area (Å²) in [6.45, 7) is 0.878. The Morgan fingerprint density at radius 3 is 2.19 bits per heavy atom. The minimum atomic E-state index is -1.60. The Hall–Kier alpha value is -4.49. The Kier molecular flexibility index (Phi) is 11.9. The van der Waals surface area contributed by atoms with Gasteiger partial charge in [-0.15, -0.1) is 11.8 Å². The van der Waals surface area contributed by atoms with E-state index >= 15 is 0 Å². The minimum Gasteiger partial charge on any atom is -0.543 e. The van der Waals surface area contributed by atoms with E-state index < -0.39 is 47.1 Å². The van der Waals surface area contributed by atoms with Crippen molar-refractivity contribution >= 4 is 53.3 Å². The van der Waals surface area contributed by atoms with Gasteiger partial charge in [-0.25, -0.2) is 0 Å². The van der Waals surface area contributed by atoms with Crippen molar-refractivity contribution in [3.05, 3.63) is 125 Å².